The van der Waals surface area contributed by atoms with E-state index in [0.29, 0.717) is 19.3 Å². The van der Waals surface area contributed by atoms with Crippen LogP contribution in [0.5, 0.6) is 0 Å². The Morgan fingerprint density at radius 3 is 2.58 bits per heavy atom. The van der Waals surface area contributed by atoms with Gasteiger partial charge in [0.2, 0.25) is 0 Å². The van der Waals surface area contributed by atoms with E-state index in [4.69, 9.17) is 14.9 Å². The summed E-state index contributed by atoms with van der Waals surface area (Å²) in [4.78, 5) is 0. The molecule has 4 heteroatoms. The zero-order valence-corrected chi connectivity index (χ0v) is 7.02. The predicted octanol–water partition coefficient (Wildman–Crippen LogP) is -0.730. The van der Waals surface area contributed by atoms with E-state index < -0.39 is 6.10 Å². The van der Waals surface area contributed by atoms with Gasteiger partial charge in [0.1, 0.15) is 0 Å². The Hall–Kier alpha value is -0.160. The SMILES string of the molecule is OCC[C@@H]1OC(CO)CCC1O. The highest BCUT2D eigenvalue weighted by molar-refractivity contribution is 4.77. The van der Waals surface area contributed by atoms with Crippen molar-refractivity contribution in [1.29, 1.82) is 0 Å². The minimum atomic E-state index is -0.486. The number of hydrogen-bond donors (Lipinski definition) is 3. The highest BCUT2D eigenvalue weighted by Gasteiger charge is 2.28. The summed E-state index contributed by atoms with van der Waals surface area (Å²) in [5.74, 6) is 0. The van der Waals surface area contributed by atoms with Gasteiger partial charge in [-0.25, -0.2) is 0 Å². The first-order valence-corrected chi connectivity index (χ1v) is 4.33. The van der Waals surface area contributed by atoms with Crippen LogP contribution in [0.1, 0.15) is 19.3 Å². The lowest BCUT2D eigenvalue weighted by Crippen LogP contribution is -2.40. The Morgan fingerprint density at radius 2 is 2.00 bits per heavy atom. The Kier molecular flexibility index (Phi) is 3.94. The van der Waals surface area contributed by atoms with E-state index in [1.54, 1.807) is 0 Å². The van der Waals surface area contributed by atoms with E-state index in [1.165, 1.54) is 0 Å². The standard InChI is InChI=1S/C8H16O4/c9-4-3-8-7(11)2-1-6(5-10)12-8/h6-11H,1-5H2/t6?,7?,8-/m0/s1. The fraction of sp³-hybridized carbons (Fsp3) is 1.00. The Balaban J connectivity index is 2.36. The molecular formula is C8H16O4. The van der Waals surface area contributed by atoms with Crippen LogP contribution in [-0.4, -0.2) is 46.8 Å². The molecule has 0 aromatic heterocycles. The number of hydrogen-bond acceptors (Lipinski definition) is 4. The third-order valence-electron chi connectivity index (χ3n) is 2.20. The Labute approximate surface area is 71.8 Å². The summed E-state index contributed by atoms with van der Waals surface area (Å²) in [6.45, 7) is 0.00846. The molecule has 1 saturated heterocycles. The quantitative estimate of drug-likeness (QED) is 0.530. The first kappa shape index (κ1) is 9.92. The van der Waals surface area contributed by atoms with E-state index in [0.717, 1.165) is 0 Å². The van der Waals surface area contributed by atoms with Crippen molar-refractivity contribution in [2.24, 2.45) is 0 Å². The molecule has 3 atom stereocenters. The number of aliphatic hydroxyl groups is 3. The molecule has 0 aromatic carbocycles. The van der Waals surface area contributed by atoms with Crippen molar-refractivity contribution < 1.29 is 20.1 Å². The summed E-state index contributed by atoms with van der Waals surface area (Å²) >= 11 is 0. The van der Waals surface area contributed by atoms with Gasteiger partial charge < -0.3 is 20.1 Å². The number of aliphatic hydroxyl groups excluding tert-OH is 3. The highest BCUT2D eigenvalue weighted by atomic mass is 16.5. The second kappa shape index (κ2) is 4.77. The van der Waals surface area contributed by atoms with Crippen LogP contribution in [0.2, 0.25) is 0 Å². The zero-order valence-electron chi connectivity index (χ0n) is 7.02. The molecule has 0 aliphatic carbocycles. The molecule has 0 amide bonds. The minimum Gasteiger partial charge on any atom is -0.396 e. The van der Waals surface area contributed by atoms with Crippen molar-refractivity contribution in [3.63, 3.8) is 0 Å². The molecular weight excluding hydrogens is 160 g/mol. The summed E-state index contributed by atoms with van der Waals surface area (Å²) in [5, 5.41) is 26.8. The fourth-order valence-corrected chi connectivity index (χ4v) is 1.47. The van der Waals surface area contributed by atoms with E-state index in [2.05, 4.69) is 0 Å². The van der Waals surface area contributed by atoms with Crippen LogP contribution >= 0.6 is 0 Å². The van der Waals surface area contributed by atoms with Gasteiger partial charge in [0.15, 0.2) is 0 Å². The van der Waals surface area contributed by atoms with E-state index in [-0.39, 0.29) is 25.4 Å². The molecule has 0 spiro atoms. The number of ether oxygens (including phenoxy) is 1. The van der Waals surface area contributed by atoms with Crippen molar-refractivity contribution in [2.45, 2.75) is 37.6 Å². The van der Waals surface area contributed by atoms with Crippen LogP contribution < -0.4 is 0 Å². The van der Waals surface area contributed by atoms with Gasteiger partial charge in [-0.05, 0) is 19.3 Å². The fourth-order valence-electron chi connectivity index (χ4n) is 1.47. The molecule has 1 heterocycles. The third-order valence-corrected chi connectivity index (χ3v) is 2.20. The minimum absolute atomic E-state index is 0.00531. The van der Waals surface area contributed by atoms with Crippen LogP contribution in [-0.2, 0) is 4.74 Å². The molecule has 0 aromatic rings. The monoisotopic (exact) mass is 176 g/mol. The Bertz CT molecular complexity index is 128. The van der Waals surface area contributed by atoms with Crippen molar-refractivity contribution in [3.8, 4) is 0 Å². The van der Waals surface area contributed by atoms with Gasteiger partial charge in [-0.1, -0.05) is 0 Å². The summed E-state index contributed by atoms with van der Waals surface area (Å²) in [7, 11) is 0. The molecule has 72 valence electrons. The van der Waals surface area contributed by atoms with Crippen molar-refractivity contribution in [3.05, 3.63) is 0 Å². The molecule has 0 bridgehead atoms. The maximum Gasteiger partial charge on any atom is 0.0860 e. The lowest BCUT2D eigenvalue weighted by Gasteiger charge is -2.32. The van der Waals surface area contributed by atoms with Crippen molar-refractivity contribution in [1.82, 2.24) is 0 Å². The van der Waals surface area contributed by atoms with Gasteiger partial charge in [0, 0.05) is 6.61 Å². The average molecular weight is 176 g/mol. The maximum absolute atomic E-state index is 9.40. The van der Waals surface area contributed by atoms with Gasteiger partial charge >= 0.3 is 0 Å². The van der Waals surface area contributed by atoms with Gasteiger partial charge in [-0.3, -0.25) is 0 Å². The van der Waals surface area contributed by atoms with Crippen LogP contribution in [0, 0.1) is 0 Å². The normalized spacial score (nSPS) is 36.8. The van der Waals surface area contributed by atoms with Crippen molar-refractivity contribution >= 4 is 0 Å². The molecule has 1 aliphatic rings. The van der Waals surface area contributed by atoms with Gasteiger partial charge in [0.05, 0.1) is 24.9 Å². The summed E-state index contributed by atoms with van der Waals surface area (Å²) in [5.41, 5.74) is 0. The smallest absolute Gasteiger partial charge is 0.0860 e. The first-order valence-electron chi connectivity index (χ1n) is 4.33. The highest BCUT2D eigenvalue weighted by Crippen LogP contribution is 2.21. The first-order chi connectivity index (χ1) is 5.77. The molecule has 0 radical (unpaired) electrons. The summed E-state index contributed by atoms with van der Waals surface area (Å²) < 4.78 is 5.33. The molecule has 12 heavy (non-hydrogen) atoms. The molecule has 1 rings (SSSR count). The predicted molar refractivity (Wildman–Crippen MR) is 42.7 cm³/mol. The summed E-state index contributed by atoms with van der Waals surface area (Å²) in [6, 6.07) is 0. The van der Waals surface area contributed by atoms with E-state index >= 15 is 0 Å². The second-order valence-corrected chi connectivity index (χ2v) is 3.14. The molecule has 1 fully saturated rings. The van der Waals surface area contributed by atoms with Crippen LogP contribution in [0.25, 0.3) is 0 Å². The van der Waals surface area contributed by atoms with Gasteiger partial charge in [-0.15, -0.1) is 0 Å². The van der Waals surface area contributed by atoms with Gasteiger partial charge in [-0.2, -0.15) is 0 Å². The lowest BCUT2D eigenvalue weighted by molar-refractivity contribution is -0.135. The largest absolute Gasteiger partial charge is 0.396 e. The maximum atomic E-state index is 9.40. The summed E-state index contributed by atoms with van der Waals surface area (Å²) in [6.07, 6.45) is 0.832. The Morgan fingerprint density at radius 1 is 1.25 bits per heavy atom. The van der Waals surface area contributed by atoms with E-state index in [1.807, 2.05) is 0 Å². The van der Waals surface area contributed by atoms with E-state index in [9.17, 15) is 5.11 Å². The number of rotatable bonds is 3. The third kappa shape index (κ3) is 2.42. The lowest BCUT2D eigenvalue weighted by atomic mass is 9.99. The molecule has 4 nitrogen and oxygen atoms in total. The van der Waals surface area contributed by atoms with Crippen LogP contribution in [0.4, 0.5) is 0 Å². The van der Waals surface area contributed by atoms with Gasteiger partial charge in [0.25, 0.3) is 0 Å². The van der Waals surface area contributed by atoms with Crippen LogP contribution in [0.3, 0.4) is 0 Å². The molecule has 3 N–H and O–H groups in total. The molecule has 2 unspecified atom stereocenters. The topological polar surface area (TPSA) is 69.9 Å². The van der Waals surface area contributed by atoms with Crippen molar-refractivity contribution in [2.75, 3.05) is 13.2 Å². The molecule has 0 saturated carbocycles. The molecule has 1 aliphatic heterocycles. The zero-order chi connectivity index (χ0) is 8.97. The van der Waals surface area contributed by atoms with Crippen LogP contribution in [0.15, 0.2) is 0 Å². The second-order valence-electron chi connectivity index (χ2n) is 3.14. The average Bonchev–Trinajstić information content (AvgIpc) is 2.09.